The number of aromatic amines is 1. The van der Waals surface area contributed by atoms with Crippen molar-refractivity contribution in [1.29, 1.82) is 0 Å². The smallest absolute Gasteiger partial charge is 0.261 e. The fraction of sp³-hybridized carbons (Fsp3) is 0.385. The summed E-state index contributed by atoms with van der Waals surface area (Å²) in [6.45, 7) is 13.2. The van der Waals surface area contributed by atoms with E-state index in [1.54, 1.807) is 12.1 Å². The summed E-state index contributed by atoms with van der Waals surface area (Å²) < 4.78 is 0. The van der Waals surface area contributed by atoms with Gasteiger partial charge in [-0.2, -0.15) is 0 Å². The van der Waals surface area contributed by atoms with E-state index in [1.165, 1.54) is 23.7 Å². The first kappa shape index (κ1) is 26.1. The Hall–Kier alpha value is -2.92. The molecule has 0 aliphatic carbocycles. The molecule has 1 aliphatic heterocycles. The number of benzene rings is 2. The van der Waals surface area contributed by atoms with Gasteiger partial charge in [0.25, 0.3) is 5.91 Å². The Bertz CT molecular complexity index is 1040. The Labute approximate surface area is 186 Å². The molecule has 2 N–H and O–H groups in total. The molecule has 1 amide bonds. The third-order valence-corrected chi connectivity index (χ3v) is 4.73. The maximum absolute atomic E-state index is 12.6. The first-order chi connectivity index (χ1) is 14.6. The van der Waals surface area contributed by atoms with Gasteiger partial charge in [-0.05, 0) is 41.9 Å². The summed E-state index contributed by atoms with van der Waals surface area (Å²) in [5, 5.41) is 3.37. The minimum atomic E-state index is -0.391. The highest BCUT2D eigenvalue weighted by Gasteiger charge is 2.19. The van der Waals surface area contributed by atoms with Crippen LogP contribution in [0, 0.1) is 0 Å². The summed E-state index contributed by atoms with van der Waals surface area (Å²) in [6.07, 6.45) is 2.73. The Morgan fingerprint density at radius 2 is 1.68 bits per heavy atom. The lowest BCUT2D eigenvalue weighted by Gasteiger charge is -2.09. The molecule has 5 heteroatoms. The Morgan fingerprint density at radius 3 is 2.35 bits per heavy atom. The van der Waals surface area contributed by atoms with E-state index in [0.29, 0.717) is 11.1 Å². The minimum absolute atomic E-state index is 0. The molecule has 4 rings (SSSR count). The average Bonchev–Trinajstić information content (AvgIpc) is 3.19. The number of hydrogen-bond acceptors (Lipinski definition) is 3. The summed E-state index contributed by atoms with van der Waals surface area (Å²) in [5.74, 6) is -0.391. The van der Waals surface area contributed by atoms with Crippen LogP contribution in [0.15, 0.2) is 53.5 Å². The van der Waals surface area contributed by atoms with Crippen LogP contribution in [0.2, 0.25) is 0 Å². The number of amides is 1. The predicted octanol–water partition coefficient (Wildman–Crippen LogP) is 6.19. The summed E-state index contributed by atoms with van der Waals surface area (Å²) in [4.78, 5) is 30.5. The highest BCUT2D eigenvalue weighted by molar-refractivity contribution is 6.05. The molecule has 0 unspecified atom stereocenters. The van der Waals surface area contributed by atoms with Crippen molar-refractivity contribution in [2.75, 3.05) is 11.9 Å². The Morgan fingerprint density at radius 1 is 1.03 bits per heavy atom. The number of H-pyrrole nitrogens is 1. The third-order valence-electron chi connectivity index (χ3n) is 4.73. The first-order valence-electron chi connectivity index (χ1n) is 10.8. The maximum Gasteiger partial charge on any atom is 0.261 e. The van der Waals surface area contributed by atoms with E-state index in [4.69, 9.17) is 0 Å². The highest BCUT2D eigenvalue weighted by atomic mass is 16.2. The number of fused-ring (bicyclic) bond motifs is 2. The largest absolute Gasteiger partial charge is 0.360 e. The molecule has 2 aromatic carbocycles. The van der Waals surface area contributed by atoms with Gasteiger partial charge in [0, 0.05) is 35.9 Å². The second-order valence-corrected chi connectivity index (χ2v) is 7.03. The molecule has 168 valence electrons. The zero-order valence-electron chi connectivity index (χ0n) is 18.7. The molecule has 5 nitrogen and oxygen atoms in total. The molecular weight excluding hydrogens is 386 g/mol. The molecule has 1 aromatic heterocycles. The highest BCUT2D eigenvalue weighted by Crippen LogP contribution is 2.25. The predicted molar refractivity (Wildman–Crippen MR) is 133 cm³/mol. The van der Waals surface area contributed by atoms with E-state index < -0.39 is 5.91 Å². The van der Waals surface area contributed by atoms with Crippen molar-refractivity contribution in [2.24, 2.45) is 0 Å². The van der Waals surface area contributed by atoms with Gasteiger partial charge in [-0.3, -0.25) is 14.5 Å². The molecule has 31 heavy (non-hydrogen) atoms. The number of para-hydroxylation sites is 1. The van der Waals surface area contributed by atoms with Gasteiger partial charge in [0.15, 0.2) is 0 Å². The van der Waals surface area contributed by atoms with Gasteiger partial charge in [-0.1, -0.05) is 66.7 Å². The van der Waals surface area contributed by atoms with Crippen LogP contribution in [0.25, 0.3) is 10.9 Å². The molecule has 3 aromatic rings. The van der Waals surface area contributed by atoms with E-state index in [1.807, 2.05) is 44.2 Å². The van der Waals surface area contributed by atoms with Crippen LogP contribution in [-0.4, -0.2) is 22.3 Å². The molecule has 0 fully saturated rings. The molecule has 2 heterocycles. The standard InChI is InChI=1S/C20H19N3O2.C3H8.C2H6.CH4/c1-2-23-11-13-7-8-15(9-14(13)12-23)22-20(25)17-10-21-18-6-4-3-5-16(18)19(17)24;1-3-2;1-2;/h3-10H,2,11-12H2,1H3,(H,21,24)(H,22,25);3H2,1-2H3;1-2H3;1H4. The van der Waals surface area contributed by atoms with Gasteiger partial charge in [0.2, 0.25) is 5.43 Å². The SMILES string of the molecule is C.CC.CCC.CCN1Cc2ccc(NC(=O)c3c[nH]c4ccccc4c3=O)cc2C1. The summed E-state index contributed by atoms with van der Waals surface area (Å²) in [7, 11) is 0. The normalized spacial score (nSPS) is 11.9. The van der Waals surface area contributed by atoms with Crippen LogP contribution in [0.5, 0.6) is 0 Å². The third kappa shape index (κ3) is 6.28. The van der Waals surface area contributed by atoms with Crippen LogP contribution >= 0.6 is 0 Å². The molecule has 0 radical (unpaired) electrons. The van der Waals surface area contributed by atoms with Crippen molar-refractivity contribution < 1.29 is 4.79 Å². The van der Waals surface area contributed by atoms with E-state index in [-0.39, 0.29) is 18.4 Å². The number of rotatable bonds is 3. The molecule has 0 saturated carbocycles. The van der Waals surface area contributed by atoms with Crippen LogP contribution in [0.3, 0.4) is 0 Å². The zero-order valence-corrected chi connectivity index (χ0v) is 18.7. The van der Waals surface area contributed by atoms with Crippen molar-refractivity contribution in [3.05, 3.63) is 75.6 Å². The van der Waals surface area contributed by atoms with Crippen LogP contribution in [0.1, 0.15) is 70.0 Å². The number of carbonyl (C=O) groups is 1. The summed E-state index contributed by atoms with van der Waals surface area (Å²) in [6, 6.07) is 13.1. The van der Waals surface area contributed by atoms with Gasteiger partial charge in [0.05, 0.1) is 0 Å². The lowest BCUT2D eigenvalue weighted by Crippen LogP contribution is -2.22. The second-order valence-electron chi connectivity index (χ2n) is 7.03. The van der Waals surface area contributed by atoms with Gasteiger partial charge in [0.1, 0.15) is 5.56 Å². The molecule has 0 bridgehead atoms. The first-order valence-corrected chi connectivity index (χ1v) is 10.8. The van der Waals surface area contributed by atoms with Crippen molar-refractivity contribution in [2.45, 2.75) is 61.6 Å². The van der Waals surface area contributed by atoms with E-state index in [2.05, 4.69) is 36.0 Å². The molecule has 0 atom stereocenters. The van der Waals surface area contributed by atoms with E-state index in [0.717, 1.165) is 25.2 Å². The molecule has 0 saturated heterocycles. The quantitative estimate of drug-likeness (QED) is 0.527. The topological polar surface area (TPSA) is 65.2 Å². The number of anilines is 1. The molecule has 1 aliphatic rings. The number of aromatic nitrogens is 1. The maximum atomic E-state index is 12.6. The second kappa shape index (κ2) is 12.7. The van der Waals surface area contributed by atoms with Gasteiger partial charge in [-0.15, -0.1) is 0 Å². The lowest BCUT2D eigenvalue weighted by atomic mass is 10.1. The number of carbonyl (C=O) groups excluding carboxylic acids is 1. The van der Waals surface area contributed by atoms with Crippen molar-refractivity contribution in [1.82, 2.24) is 9.88 Å². The van der Waals surface area contributed by atoms with Crippen LogP contribution in [0.4, 0.5) is 5.69 Å². The summed E-state index contributed by atoms with van der Waals surface area (Å²) in [5.41, 5.74) is 3.82. The lowest BCUT2D eigenvalue weighted by molar-refractivity contribution is 0.102. The number of pyridine rings is 1. The number of nitrogens with zero attached hydrogens (tertiary/aromatic N) is 1. The Kier molecular flexibility index (Phi) is 10.7. The van der Waals surface area contributed by atoms with Gasteiger partial charge >= 0.3 is 0 Å². The van der Waals surface area contributed by atoms with E-state index in [9.17, 15) is 9.59 Å². The fourth-order valence-corrected chi connectivity index (χ4v) is 3.30. The van der Waals surface area contributed by atoms with Crippen molar-refractivity contribution in [3.8, 4) is 0 Å². The zero-order chi connectivity index (χ0) is 22.1. The monoisotopic (exact) mass is 423 g/mol. The summed E-state index contributed by atoms with van der Waals surface area (Å²) >= 11 is 0. The van der Waals surface area contributed by atoms with Crippen LogP contribution < -0.4 is 10.7 Å². The average molecular weight is 424 g/mol. The fourth-order valence-electron chi connectivity index (χ4n) is 3.30. The Balaban J connectivity index is 0.000000740. The van der Waals surface area contributed by atoms with Crippen LogP contribution in [-0.2, 0) is 13.1 Å². The van der Waals surface area contributed by atoms with Crippen molar-refractivity contribution in [3.63, 3.8) is 0 Å². The molecular formula is C26H37N3O2. The minimum Gasteiger partial charge on any atom is -0.360 e. The van der Waals surface area contributed by atoms with Crippen molar-refractivity contribution >= 4 is 22.5 Å². The van der Waals surface area contributed by atoms with E-state index >= 15 is 0 Å². The number of nitrogens with one attached hydrogen (secondary N) is 2. The van der Waals surface area contributed by atoms with Gasteiger partial charge in [-0.25, -0.2) is 0 Å². The molecule has 0 spiro atoms. The number of hydrogen-bond donors (Lipinski definition) is 2. The van der Waals surface area contributed by atoms with Gasteiger partial charge < -0.3 is 10.3 Å².